The predicted molar refractivity (Wildman–Crippen MR) is 83.5 cm³/mol. The molecule has 0 aromatic carbocycles. The zero-order chi connectivity index (χ0) is 15.2. The summed E-state index contributed by atoms with van der Waals surface area (Å²) in [6, 6.07) is 7.48. The molecule has 0 aliphatic carbocycles. The molecule has 1 aliphatic rings. The lowest BCUT2D eigenvalue weighted by Gasteiger charge is -2.23. The van der Waals surface area contributed by atoms with E-state index in [1.807, 2.05) is 24.3 Å². The number of pyridine rings is 2. The van der Waals surface area contributed by atoms with E-state index >= 15 is 0 Å². The summed E-state index contributed by atoms with van der Waals surface area (Å²) in [6.45, 7) is 1.40. The topological polar surface area (TPSA) is 76.1 Å². The number of nitrogens with one attached hydrogen (secondary N) is 2. The minimum absolute atomic E-state index is 0.179. The monoisotopic (exact) mass is 298 g/mol. The standard InChI is InChI=1S/C16H18N4O2/c21-16(19-13-5-9-22-10-6-13)20-14-1-2-15(18-11-14)12-3-7-17-8-4-12/h1-4,7-8,11,13H,5-6,9-10H2,(H2,19,20,21). The van der Waals surface area contributed by atoms with E-state index < -0.39 is 0 Å². The van der Waals surface area contributed by atoms with Gasteiger partial charge in [-0.3, -0.25) is 9.97 Å². The van der Waals surface area contributed by atoms with Crippen LogP contribution in [0.3, 0.4) is 0 Å². The fraction of sp³-hybridized carbons (Fsp3) is 0.312. The molecule has 3 heterocycles. The van der Waals surface area contributed by atoms with Crippen LogP contribution in [0.2, 0.25) is 0 Å². The molecule has 0 bridgehead atoms. The van der Waals surface area contributed by atoms with Crippen molar-refractivity contribution in [2.24, 2.45) is 0 Å². The molecular weight excluding hydrogens is 280 g/mol. The van der Waals surface area contributed by atoms with Crippen LogP contribution in [-0.4, -0.2) is 35.3 Å². The van der Waals surface area contributed by atoms with Gasteiger partial charge in [0.15, 0.2) is 0 Å². The number of amides is 2. The van der Waals surface area contributed by atoms with Crippen LogP contribution < -0.4 is 10.6 Å². The van der Waals surface area contributed by atoms with Gasteiger partial charge in [-0.25, -0.2) is 4.79 Å². The van der Waals surface area contributed by atoms with E-state index in [1.165, 1.54) is 0 Å². The highest BCUT2D eigenvalue weighted by Crippen LogP contribution is 2.17. The van der Waals surface area contributed by atoms with Crippen molar-refractivity contribution in [3.63, 3.8) is 0 Å². The molecule has 2 aromatic rings. The molecule has 2 amide bonds. The molecule has 0 unspecified atom stereocenters. The Balaban J connectivity index is 1.57. The van der Waals surface area contributed by atoms with Gasteiger partial charge in [0.2, 0.25) is 0 Å². The van der Waals surface area contributed by atoms with Crippen molar-refractivity contribution in [2.45, 2.75) is 18.9 Å². The smallest absolute Gasteiger partial charge is 0.319 e. The third-order valence-electron chi connectivity index (χ3n) is 3.55. The van der Waals surface area contributed by atoms with Gasteiger partial charge < -0.3 is 15.4 Å². The van der Waals surface area contributed by atoms with Gasteiger partial charge in [0, 0.05) is 37.2 Å². The van der Waals surface area contributed by atoms with E-state index in [2.05, 4.69) is 20.6 Å². The van der Waals surface area contributed by atoms with Crippen molar-refractivity contribution in [1.82, 2.24) is 15.3 Å². The van der Waals surface area contributed by atoms with Crippen LogP contribution in [0.15, 0.2) is 42.9 Å². The Morgan fingerprint density at radius 3 is 2.59 bits per heavy atom. The molecule has 3 rings (SSSR count). The summed E-state index contributed by atoms with van der Waals surface area (Å²) < 4.78 is 5.27. The second-order valence-corrected chi connectivity index (χ2v) is 5.15. The number of rotatable bonds is 3. The molecule has 6 nitrogen and oxygen atoms in total. The molecule has 2 N–H and O–H groups in total. The van der Waals surface area contributed by atoms with Crippen molar-refractivity contribution >= 4 is 11.7 Å². The number of nitrogens with zero attached hydrogens (tertiary/aromatic N) is 2. The normalized spacial score (nSPS) is 15.3. The molecule has 22 heavy (non-hydrogen) atoms. The van der Waals surface area contributed by atoms with Crippen molar-refractivity contribution < 1.29 is 9.53 Å². The highest BCUT2D eigenvalue weighted by molar-refractivity contribution is 5.89. The molecule has 0 atom stereocenters. The van der Waals surface area contributed by atoms with Crippen molar-refractivity contribution in [3.05, 3.63) is 42.9 Å². The first kappa shape index (κ1) is 14.5. The van der Waals surface area contributed by atoms with E-state index in [9.17, 15) is 4.79 Å². The highest BCUT2D eigenvalue weighted by Gasteiger charge is 2.15. The number of urea groups is 1. The number of anilines is 1. The molecule has 1 fully saturated rings. The number of aromatic nitrogens is 2. The maximum Gasteiger partial charge on any atom is 0.319 e. The minimum Gasteiger partial charge on any atom is -0.381 e. The Morgan fingerprint density at radius 1 is 1.14 bits per heavy atom. The van der Waals surface area contributed by atoms with Gasteiger partial charge in [0.1, 0.15) is 0 Å². The first-order valence-corrected chi connectivity index (χ1v) is 7.33. The predicted octanol–water partition coefficient (Wildman–Crippen LogP) is 2.44. The van der Waals surface area contributed by atoms with E-state index in [1.54, 1.807) is 18.6 Å². The Bertz CT molecular complexity index is 610. The van der Waals surface area contributed by atoms with Crippen molar-refractivity contribution in [3.8, 4) is 11.3 Å². The SMILES string of the molecule is O=C(Nc1ccc(-c2ccncc2)nc1)NC1CCOCC1. The lowest BCUT2D eigenvalue weighted by atomic mass is 10.1. The number of hydrogen-bond donors (Lipinski definition) is 2. The fourth-order valence-electron chi connectivity index (χ4n) is 2.36. The Morgan fingerprint density at radius 2 is 1.91 bits per heavy atom. The molecule has 1 aliphatic heterocycles. The number of ether oxygens (including phenoxy) is 1. The summed E-state index contributed by atoms with van der Waals surface area (Å²) in [5.74, 6) is 0. The fourth-order valence-corrected chi connectivity index (χ4v) is 2.36. The van der Waals surface area contributed by atoms with Crippen LogP contribution in [0, 0.1) is 0 Å². The Kier molecular flexibility index (Phi) is 4.60. The van der Waals surface area contributed by atoms with E-state index in [4.69, 9.17) is 4.74 Å². The molecule has 0 radical (unpaired) electrons. The number of carbonyl (C=O) groups is 1. The van der Waals surface area contributed by atoms with Crippen LogP contribution in [0.5, 0.6) is 0 Å². The summed E-state index contributed by atoms with van der Waals surface area (Å²) in [6.07, 6.45) is 6.81. The average molecular weight is 298 g/mol. The molecule has 0 saturated carbocycles. The number of carbonyl (C=O) groups excluding carboxylic acids is 1. The van der Waals surface area contributed by atoms with Crippen LogP contribution >= 0.6 is 0 Å². The molecule has 1 saturated heterocycles. The molecule has 2 aromatic heterocycles. The first-order chi connectivity index (χ1) is 10.8. The average Bonchev–Trinajstić information content (AvgIpc) is 2.57. The molecule has 6 heteroatoms. The summed E-state index contributed by atoms with van der Waals surface area (Å²) in [5, 5.41) is 5.75. The van der Waals surface area contributed by atoms with Crippen molar-refractivity contribution in [1.29, 1.82) is 0 Å². The maximum atomic E-state index is 11.9. The molecule has 0 spiro atoms. The summed E-state index contributed by atoms with van der Waals surface area (Å²) in [4.78, 5) is 20.3. The zero-order valence-corrected chi connectivity index (χ0v) is 12.2. The van der Waals surface area contributed by atoms with Gasteiger partial charge in [-0.05, 0) is 37.1 Å². The maximum absolute atomic E-state index is 11.9. The summed E-state index contributed by atoms with van der Waals surface area (Å²) >= 11 is 0. The van der Waals surface area contributed by atoms with E-state index in [0.29, 0.717) is 18.9 Å². The second kappa shape index (κ2) is 7.00. The third-order valence-corrected chi connectivity index (χ3v) is 3.55. The van der Waals surface area contributed by atoms with Gasteiger partial charge in [-0.15, -0.1) is 0 Å². The molecular formula is C16H18N4O2. The lowest BCUT2D eigenvalue weighted by Crippen LogP contribution is -2.41. The summed E-state index contributed by atoms with van der Waals surface area (Å²) in [5.41, 5.74) is 2.51. The second-order valence-electron chi connectivity index (χ2n) is 5.15. The van der Waals surface area contributed by atoms with Gasteiger partial charge >= 0.3 is 6.03 Å². The summed E-state index contributed by atoms with van der Waals surface area (Å²) in [7, 11) is 0. The van der Waals surface area contributed by atoms with Crippen LogP contribution in [-0.2, 0) is 4.74 Å². The van der Waals surface area contributed by atoms with Gasteiger partial charge in [-0.1, -0.05) is 0 Å². The highest BCUT2D eigenvalue weighted by atomic mass is 16.5. The van der Waals surface area contributed by atoms with Gasteiger partial charge in [-0.2, -0.15) is 0 Å². The first-order valence-electron chi connectivity index (χ1n) is 7.33. The van der Waals surface area contributed by atoms with Crippen molar-refractivity contribution in [2.75, 3.05) is 18.5 Å². The van der Waals surface area contributed by atoms with E-state index in [0.717, 1.165) is 24.1 Å². The van der Waals surface area contributed by atoms with Crippen LogP contribution in [0.1, 0.15) is 12.8 Å². The van der Waals surface area contributed by atoms with Gasteiger partial charge in [0.05, 0.1) is 17.6 Å². The Hall–Kier alpha value is -2.47. The quantitative estimate of drug-likeness (QED) is 0.912. The van der Waals surface area contributed by atoms with E-state index in [-0.39, 0.29) is 12.1 Å². The number of hydrogen-bond acceptors (Lipinski definition) is 4. The lowest BCUT2D eigenvalue weighted by molar-refractivity contribution is 0.0806. The molecule has 114 valence electrons. The largest absolute Gasteiger partial charge is 0.381 e. The minimum atomic E-state index is -0.203. The van der Waals surface area contributed by atoms with Gasteiger partial charge in [0.25, 0.3) is 0 Å². The van der Waals surface area contributed by atoms with Crippen LogP contribution in [0.25, 0.3) is 11.3 Å². The third kappa shape index (κ3) is 3.79. The zero-order valence-electron chi connectivity index (χ0n) is 12.2. The van der Waals surface area contributed by atoms with Crippen LogP contribution in [0.4, 0.5) is 10.5 Å². The Labute approximate surface area is 128 Å².